The molecule has 0 saturated heterocycles. The molecule has 1 aliphatic carbocycles. The van der Waals surface area contributed by atoms with E-state index >= 15 is 0 Å². The second kappa shape index (κ2) is 4.99. The van der Waals surface area contributed by atoms with Gasteiger partial charge < -0.3 is 0 Å². The Bertz CT molecular complexity index is 448. The van der Waals surface area contributed by atoms with Gasteiger partial charge in [-0.05, 0) is 30.9 Å². The van der Waals surface area contributed by atoms with Gasteiger partial charge in [-0.2, -0.15) is 0 Å². The minimum atomic E-state index is 0.134. The molecule has 0 fully saturated rings. The number of hydrogen-bond donors (Lipinski definition) is 0. The zero-order valence-corrected chi connectivity index (χ0v) is 9.62. The van der Waals surface area contributed by atoms with Crippen molar-refractivity contribution in [1.82, 2.24) is 0 Å². The van der Waals surface area contributed by atoms with Crippen LogP contribution in [0.5, 0.6) is 0 Å². The van der Waals surface area contributed by atoms with Gasteiger partial charge >= 0.3 is 0 Å². The summed E-state index contributed by atoms with van der Waals surface area (Å²) in [6, 6.07) is 8.30. The largest absolute Gasteiger partial charge is 0.299 e. The molecule has 0 aromatic heterocycles. The third-order valence-corrected chi connectivity index (χ3v) is 3.19. The Morgan fingerprint density at radius 3 is 3.06 bits per heavy atom. The van der Waals surface area contributed by atoms with Crippen molar-refractivity contribution < 1.29 is 4.79 Å². The van der Waals surface area contributed by atoms with Gasteiger partial charge in [-0.25, -0.2) is 0 Å². The average molecular weight is 212 g/mol. The van der Waals surface area contributed by atoms with Gasteiger partial charge in [0.2, 0.25) is 0 Å². The molecule has 2 rings (SSSR count). The van der Waals surface area contributed by atoms with E-state index in [9.17, 15) is 4.79 Å². The minimum absolute atomic E-state index is 0.134. The smallest absolute Gasteiger partial charge is 0.141 e. The van der Waals surface area contributed by atoms with E-state index in [0.717, 1.165) is 12.8 Å². The molecular weight excluding hydrogens is 196 g/mol. The minimum Gasteiger partial charge on any atom is -0.299 e. The fourth-order valence-electron chi connectivity index (χ4n) is 2.38. The van der Waals surface area contributed by atoms with E-state index in [1.54, 1.807) is 0 Å². The fraction of sp³-hybridized carbons (Fsp3) is 0.400. The van der Waals surface area contributed by atoms with Crippen molar-refractivity contribution in [3.05, 3.63) is 35.4 Å². The molecule has 1 atom stereocenters. The molecule has 1 aliphatic rings. The zero-order chi connectivity index (χ0) is 11.4. The number of ketones is 1. The number of benzene rings is 1. The van der Waals surface area contributed by atoms with Crippen molar-refractivity contribution >= 4 is 5.78 Å². The normalized spacial score (nSPS) is 17.4. The molecule has 0 bridgehead atoms. The van der Waals surface area contributed by atoms with Crippen LogP contribution in [-0.2, 0) is 11.2 Å². The summed E-state index contributed by atoms with van der Waals surface area (Å²) in [4.78, 5) is 12.0. The Hall–Kier alpha value is -1.55. The van der Waals surface area contributed by atoms with E-state index in [4.69, 9.17) is 0 Å². The molecule has 1 nitrogen and oxygen atoms in total. The quantitative estimate of drug-likeness (QED) is 0.704. The SMILES string of the molecule is CC#CCCC(=O)C1CCc2ccccc21. The summed E-state index contributed by atoms with van der Waals surface area (Å²) in [6.45, 7) is 1.81. The lowest BCUT2D eigenvalue weighted by Crippen LogP contribution is -2.08. The molecule has 1 aromatic rings. The van der Waals surface area contributed by atoms with Crippen LogP contribution in [-0.4, -0.2) is 5.78 Å². The molecule has 0 N–H and O–H groups in total. The van der Waals surface area contributed by atoms with Crippen LogP contribution in [0.25, 0.3) is 0 Å². The van der Waals surface area contributed by atoms with Crippen LogP contribution in [0.4, 0.5) is 0 Å². The first-order valence-electron chi connectivity index (χ1n) is 5.83. The van der Waals surface area contributed by atoms with Crippen LogP contribution in [0, 0.1) is 11.8 Å². The molecule has 0 heterocycles. The number of carbonyl (C=O) groups is 1. The second-order valence-electron chi connectivity index (χ2n) is 4.18. The van der Waals surface area contributed by atoms with E-state index in [1.165, 1.54) is 11.1 Å². The first-order valence-corrected chi connectivity index (χ1v) is 5.83. The molecule has 16 heavy (non-hydrogen) atoms. The molecule has 0 amide bonds. The van der Waals surface area contributed by atoms with E-state index in [1.807, 2.05) is 19.1 Å². The second-order valence-corrected chi connectivity index (χ2v) is 4.18. The van der Waals surface area contributed by atoms with Crippen LogP contribution in [0.3, 0.4) is 0 Å². The van der Waals surface area contributed by atoms with Crippen LogP contribution < -0.4 is 0 Å². The Balaban J connectivity index is 2.06. The van der Waals surface area contributed by atoms with Gasteiger partial charge in [-0.15, -0.1) is 11.8 Å². The highest BCUT2D eigenvalue weighted by Gasteiger charge is 2.27. The molecule has 0 aliphatic heterocycles. The molecular formula is C15H16O. The number of rotatable bonds is 3. The van der Waals surface area contributed by atoms with Gasteiger partial charge in [0.1, 0.15) is 5.78 Å². The van der Waals surface area contributed by atoms with Gasteiger partial charge in [0.05, 0.1) is 0 Å². The van der Waals surface area contributed by atoms with Gasteiger partial charge in [0, 0.05) is 18.8 Å². The predicted octanol–water partition coefficient (Wildman–Crippen LogP) is 3.09. The van der Waals surface area contributed by atoms with E-state index in [2.05, 4.69) is 24.0 Å². The summed E-state index contributed by atoms with van der Waals surface area (Å²) in [7, 11) is 0. The van der Waals surface area contributed by atoms with Crippen molar-refractivity contribution in [3.63, 3.8) is 0 Å². The third kappa shape index (κ3) is 2.17. The molecule has 1 aromatic carbocycles. The van der Waals surface area contributed by atoms with Crippen molar-refractivity contribution in [1.29, 1.82) is 0 Å². The molecule has 0 spiro atoms. The lowest BCUT2D eigenvalue weighted by Gasteiger charge is -2.08. The molecule has 0 radical (unpaired) electrons. The maximum Gasteiger partial charge on any atom is 0.141 e. The highest BCUT2D eigenvalue weighted by molar-refractivity contribution is 5.87. The van der Waals surface area contributed by atoms with Gasteiger partial charge in [0.15, 0.2) is 0 Å². The van der Waals surface area contributed by atoms with Gasteiger partial charge in [-0.3, -0.25) is 4.79 Å². The maximum atomic E-state index is 12.0. The monoisotopic (exact) mass is 212 g/mol. The van der Waals surface area contributed by atoms with Crippen molar-refractivity contribution in [2.45, 2.75) is 38.5 Å². The van der Waals surface area contributed by atoms with Crippen LogP contribution in [0.1, 0.15) is 43.2 Å². The van der Waals surface area contributed by atoms with E-state index < -0.39 is 0 Å². The van der Waals surface area contributed by atoms with Crippen molar-refractivity contribution in [3.8, 4) is 11.8 Å². The molecule has 82 valence electrons. The number of Topliss-reactive ketones (excluding diaryl/α,β-unsaturated/α-hetero) is 1. The standard InChI is InChI=1S/C15H16O/c1-2-3-4-9-15(16)14-11-10-12-7-5-6-8-13(12)14/h5-8,14H,4,9-11H2,1H3. The lowest BCUT2D eigenvalue weighted by molar-refractivity contribution is -0.120. The number of aryl methyl sites for hydroxylation is 1. The van der Waals surface area contributed by atoms with Crippen LogP contribution in [0.2, 0.25) is 0 Å². The number of carbonyl (C=O) groups excluding carboxylic acids is 1. The van der Waals surface area contributed by atoms with Crippen LogP contribution >= 0.6 is 0 Å². The maximum absolute atomic E-state index is 12.0. The van der Waals surface area contributed by atoms with Gasteiger partial charge in [-0.1, -0.05) is 24.3 Å². The summed E-state index contributed by atoms with van der Waals surface area (Å²) >= 11 is 0. The summed E-state index contributed by atoms with van der Waals surface area (Å²) in [5.41, 5.74) is 2.60. The Labute approximate surface area is 96.9 Å². The van der Waals surface area contributed by atoms with Crippen LogP contribution in [0.15, 0.2) is 24.3 Å². The zero-order valence-electron chi connectivity index (χ0n) is 9.62. The first-order chi connectivity index (χ1) is 7.83. The molecule has 1 unspecified atom stereocenters. The predicted molar refractivity (Wildman–Crippen MR) is 65.2 cm³/mol. The average Bonchev–Trinajstić information content (AvgIpc) is 2.73. The first kappa shape index (κ1) is 11.0. The topological polar surface area (TPSA) is 17.1 Å². The summed E-state index contributed by atoms with van der Waals surface area (Å²) < 4.78 is 0. The van der Waals surface area contributed by atoms with Crippen molar-refractivity contribution in [2.24, 2.45) is 0 Å². The fourth-order valence-corrected chi connectivity index (χ4v) is 2.38. The number of hydrogen-bond acceptors (Lipinski definition) is 1. The highest BCUT2D eigenvalue weighted by Crippen LogP contribution is 2.34. The Morgan fingerprint density at radius 1 is 1.44 bits per heavy atom. The van der Waals surface area contributed by atoms with E-state index in [0.29, 0.717) is 18.6 Å². The molecule has 1 heteroatoms. The third-order valence-electron chi connectivity index (χ3n) is 3.19. The highest BCUT2D eigenvalue weighted by atomic mass is 16.1. The number of fused-ring (bicyclic) bond motifs is 1. The molecule has 0 saturated carbocycles. The summed E-state index contributed by atoms with van der Waals surface area (Å²) in [6.07, 6.45) is 3.33. The Morgan fingerprint density at radius 2 is 2.25 bits per heavy atom. The van der Waals surface area contributed by atoms with Crippen molar-refractivity contribution in [2.75, 3.05) is 0 Å². The van der Waals surface area contributed by atoms with Gasteiger partial charge in [0.25, 0.3) is 0 Å². The summed E-state index contributed by atoms with van der Waals surface area (Å²) in [5, 5.41) is 0. The Kier molecular flexibility index (Phi) is 3.41. The lowest BCUT2D eigenvalue weighted by atomic mass is 9.94. The summed E-state index contributed by atoms with van der Waals surface area (Å²) in [5.74, 6) is 6.27. The van der Waals surface area contributed by atoms with E-state index in [-0.39, 0.29) is 5.92 Å².